The minimum Gasteiger partial charge on any atom is -0.372 e. The second kappa shape index (κ2) is 5.73. The van der Waals surface area contributed by atoms with Crippen LogP contribution in [0.3, 0.4) is 0 Å². The second-order valence-corrected chi connectivity index (χ2v) is 4.64. The number of hydrogen-bond donors (Lipinski definition) is 1. The van der Waals surface area contributed by atoms with Crippen molar-refractivity contribution in [3.63, 3.8) is 0 Å². The van der Waals surface area contributed by atoms with E-state index in [0.717, 1.165) is 6.20 Å². The van der Waals surface area contributed by atoms with Crippen molar-refractivity contribution in [2.24, 2.45) is 0 Å². The topological polar surface area (TPSA) is 109 Å². The SMILES string of the molecule is CNc1ncc([N+](=O)[O-])cc1C(=O)N1CCN(C)C(=O)C1. The first-order chi connectivity index (χ1) is 9.93. The molecule has 0 radical (unpaired) electrons. The highest BCUT2D eigenvalue weighted by molar-refractivity contribution is 6.01. The van der Waals surface area contributed by atoms with Crippen LogP contribution in [0, 0.1) is 10.1 Å². The standard InChI is InChI=1S/C12H15N5O4/c1-13-11-9(5-8(6-14-11)17(20)21)12(19)16-4-3-15(2)10(18)7-16/h5-6H,3-4,7H2,1-2H3,(H,13,14). The van der Waals surface area contributed by atoms with Crippen LogP contribution >= 0.6 is 0 Å². The molecule has 112 valence electrons. The van der Waals surface area contributed by atoms with Crippen LogP contribution in [0.25, 0.3) is 0 Å². The number of aromatic nitrogens is 1. The molecule has 9 heteroatoms. The smallest absolute Gasteiger partial charge is 0.288 e. The van der Waals surface area contributed by atoms with Gasteiger partial charge >= 0.3 is 0 Å². The molecule has 1 aliphatic rings. The van der Waals surface area contributed by atoms with E-state index in [9.17, 15) is 19.7 Å². The number of likely N-dealkylation sites (N-methyl/N-ethyl adjacent to an activating group) is 1. The van der Waals surface area contributed by atoms with Gasteiger partial charge in [-0.3, -0.25) is 19.7 Å². The van der Waals surface area contributed by atoms with Crippen molar-refractivity contribution in [2.45, 2.75) is 0 Å². The fourth-order valence-corrected chi connectivity index (χ4v) is 2.02. The molecule has 0 unspecified atom stereocenters. The first-order valence-electron chi connectivity index (χ1n) is 6.29. The Morgan fingerprint density at radius 3 is 2.76 bits per heavy atom. The lowest BCUT2D eigenvalue weighted by Crippen LogP contribution is -2.50. The van der Waals surface area contributed by atoms with Gasteiger partial charge in [0.2, 0.25) is 5.91 Å². The molecule has 9 nitrogen and oxygen atoms in total. The molecule has 0 aliphatic carbocycles. The van der Waals surface area contributed by atoms with Crippen LogP contribution in [0.15, 0.2) is 12.3 Å². The third kappa shape index (κ3) is 2.91. The Bertz CT molecular complexity index is 603. The highest BCUT2D eigenvalue weighted by Gasteiger charge is 2.28. The number of piperazine rings is 1. The monoisotopic (exact) mass is 293 g/mol. The van der Waals surface area contributed by atoms with E-state index in [1.165, 1.54) is 15.9 Å². The molecule has 1 saturated heterocycles. The molecule has 0 spiro atoms. The predicted molar refractivity (Wildman–Crippen MR) is 74.0 cm³/mol. The van der Waals surface area contributed by atoms with E-state index in [-0.39, 0.29) is 29.5 Å². The molecule has 2 amide bonds. The summed E-state index contributed by atoms with van der Waals surface area (Å²) in [5, 5.41) is 13.5. The minimum absolute atomic E-state index is 0.0405. The number of rotatable bonds is 3. The van der Waals surface area contributed by atoms with Crippen LogP contribution in [0.4, 0.5) is 11.5 Å². The Morgan fingerprint density at radius 1 is 1.48 bits per heavy atom. The summed E-state index contributed by atoms with van der Waals surface area (Å²) in [7, 11) is 3.23. The first-order valence-corrected chi connectivity index (χ1v) is 6.29. The van der Waals surface area contributed by atoms with Crippen molar-refractivity contribution in [2.75, 3.05) is 39.0 Å². The molecule has 1 fully saturated rings. The van der Waals surface area contributed by atoms with E-state index in [4.69, 9.17) is 0 Å². The highest BCUT2D eigenvalue weighted by Crippen LogP contribution is 2.21. The van der Waals surface area contributed by atoms with Gasteiger partial charge in [-0.15, -0.1) is 0 Å². The van der Waals surface area contributed by atoms with Gasteiger partial charge in [-0.25, -0.2) is 4.98 Å². The van der Waals surface area contributed by atoms with Gasteiger partial charge in [0.1, 0.15) is 18.6 Å². The Morgan fingerprint density at radius 2 is 2.19 bits per heavy atom. The Labute approximate surface area is 120 Å². The molecule has 1 aromatic rings. The molecular formula is C12H15N5O4. The van der Waals surface area contributed by atoms with E-state index in [1.807, 2.05) is 0 Å². The van der Waals surface area contributed by atoms with Crippen molar-refractivity contribution in [3.05, 3.63) is 27.9 Å². The fraction of sp³-hybridized carbons (Fsp3) is 0.417. The number of carbonyl (C=O) groups excluding carboxylic acids is 2. The summed E-state index contributed by atoms with van der Waals surface area (Å²) in [5.74, 6) is -0.368. The Balaban J connectivity index is 2.31. The van der Waals surface area contributed by atoms with Crippen molar-refractivity contribution in [1.29, 1.82) is 0 Å². The minimum atomic E-state index is -0.613. The molecule has 1 aliphatic heterocycles. The lowest BCUT2D eigenvalue weighted by Gasteiger charge is -2.32. The summed E-state index contributed by atoms with van der Waals surface area (Å²) in [5.41, 5.74) is -0.179. The molecule has 0 aromatic carbocycles. The van der Waals surface area contributed by atoms with Crippen LogP contribution in [0.5, 0.6) is 0 Å². The van der Waals surface area contributed by atoms with Gasteiger partial charge in [-0.2, -0.15) is 0 Å². The number of amides is 2. The number of pyridine rings is 1. The molecule has 0 atom stereocenters. The molecule has 2 rings (SSSR count). The van der Waals surface area contributed by atoms with Crippen molar-refractivity contribution in [1.82, 2.24) is 14.8 Å². The summed E-state index contributed by atoms with van der Waals surface area (Å²) < 4.78 is 0. The number of carbonyl (C=O) groups is 2. The van der Waals surface area contributed by atoms with Crippen LogP contribution < -0.4 is 5.32 Å². The number of anilines is 1. The number of nitrogens with one attached hydrogen (secondary N) is 1. The molecule has 0 bridgehead atoms. The second-order valence-electron chi connectivity index (χ2n) is 4.64. The number of nitro groups is 1. The zero-order valence-corrected chi connectivity index (χ0v) is 11.7. The van der Waals surface area contributed by atoms with Gasteiger partial charge < -0.3 is 15.1 Å². The van der Waals surface area contributed by atoms with Crippen LogP contribution in [0.2, 0.25) is 0 Å². The van der Waals surface area contributed by atoms with E-state index >= 15 is 0 Å². The van der Waals surface area contributed by atoms with E-state index in [1.54, 1.807) is 14.1 Å². The molecule has 1 N–H and O–H groups in total. The Kier molecular flexibility index (Phi) is 4.01. The summed E-state index contributed by atoms with van der Waals surface area (Å²) in [4.78, 5) is 41.1. The van der Waals surface area contributed by atoms with Crippen LogP contribution in [-0.2, 0) is 4.79 Å². The van der Waals surface area contributed by atoms with Gasteiger partial charge in [0, 0.05) is 33.3 Å². The first kappa shape index (κ1) is 14.7. The maximum absolute atomic E-state index is 12.5. The lowest BCUT2D eigenvalue weighted by molar-refractivity contribution is -0.385. The van der Waals surface area contributed by atoms with Crippen molar-refractivity contribution in [3.8, 4) is 0 Å². The Hall–Kier alpha value is -2.71. The van der Waals surface area contributed by atoms with Gasteiger partial charge in [0.25, 0.3) is 11.6 Å². The third-order valence-corrected chi connectivity index (χ3v) is 3.30. The average Bonchev–Trinajstić information content (AvgIpc) is 2.48. The van der Waals surface area contributed by atoms with Gasteiger partial charge in [-0.1, -0.05) is 0 Å². The van der Waals surface area contributed by atoms with Crippen molar-refractivity contribution >= 4 is 23.3 Å². The molecular weight excluding hydrogens is 278 g/mol. The largest absolute Gasteiger partial charge is 0.372 e. The quantitative estimate of drug-likeness (QED) is 0.618. The average molecular weight is 293 g/mol. The van der Waals surface area contributed by atoms with Crippen LogP contribution in [-0.4, -0.2) is 65.3 Å². The van der Waals surface area contributed by atoms with E-state index in [0.29, 0.717) is 13.1 Å². The van der Waals surface area contributed by atoms with Gasteiger partial charge in [0.05, 0.1) is 10.5 Å². The zero-order chi connectivity index (χ0) is 15.6. The predicted octanol–water partition coefficient (Wildman–Crippen LogP) is -0.0543. The summed E-state index contributed by atoms with van der Waals surface area (Å²) in [6.45, 7) is 0.774. The number of nitrogens with zero attached hydrogens (tertiary/aromatic N) is 4. The van der Waals surface area contributed by atoms with Crippen LogP contribution in [0.1, 0.15) is 10.4 Å². The number of hydrogen-bond acceptors (Lipinski definition) is 6. The summed E-state index contributed by atoms with van der Waals surface area (Å²) >= 11 is 0. The zero-order valence-electron chi connectivity index (χ0n) is 11.7. The van der Waals surface area contributed by atoms with Gasteiger partial charge in [0.15, 0.2) is 0 Å². The summed E-state index contributed by atoms with van der Waals surface area (Å²) in [6.07, 6.45) is 1.08. The lowest BCUT2D eigenvalue weighted by atomic mass is 10.2. The normalized spacial score (nSPS) is 15.0. The third-order valence-electron chi connectivity index (χ3n) is 3.30. The molecule has 21 heavy (non-hydrogen) atoms. The maximum atomic E-state index is 12.5. The van der Waals surface area contributed by atoms with E-state index < -0.39 is 10.8 Å². The molecule has 0 saturated carbocycles. The molecule has 1 aromatic heterocycles. The van der Waals surface area contributed by atoms with Crippen molar-refractivity contribution < 1.29 is 14.5 Å². The highest BCUT2D eigenvalue weighted by atomic mass is 16.6. The fourth-order valence-electron chi connectivity index (χ4n) is 2.02. The van der Waals surface area contributed by atoms with Gasteiger partial charge in [-0.05, 0) is 0 Å². The van der Waals surface area contributed by atoms with E-state index in [2.05, 4.69) is 10.3 Å². The summed E-state index contributed by atoms with van der Waals surface area (Å²) in [6, 6.07) is 1.17. The maximum Gasteiger partial charge on any atom is 0.288 e. The molecule has 2 heterocycles.